The SMILES string of the molecule is CC1CCCCC1(C(=O)O)C1CCC1. The zero-order valence-corrected chi connectivity index (χ0v) is 8.96. The molecule has 0 bridgehead atoms. The second-order valence-corrected chi connectivity index (χ2v) is 5.12. The van der Waals surface area contributed by atoms with E-state index in [1.165, 1.54) is 12.8 Å². The molecule has 1 N–H and O–H groups in total. The molecule has 2 aliphatic rings. The minimum absolute atomic E-state index is 0.351. The van der Waals surface area contributed by atoms with Gasteiger partial charge in [0.05, 0.1) is 5.41 Å². The fraction of sp³-hybridized carbons (Fsp3) is 0.917. The number of hydrogen-bond acceptors (Lipinski definition) is 1. The Morgan fingerprint density at radius 2 is 1.93 bits per heavy atom. The Bertz CT molecular complexity index is 228. The normalized spacial score (nSPS) is 39.1. The summed E-state index contributed by atoms with van der Waals surface area (Å²) in [6.45, 7) is 2.14. The molecule has 0 heterocycles. The minimum atomic E-state index is -0.519. The molecule has 2 fully saturated rings. The van der Waals surface area contributed by atoms with E-state index >= 15 is 0 Å². The molecule has 14 heavy (non-hydrogen) atoms. The quantitative estimate of drug-likeness (QED) is 0.737. The van der Waals surface area contributed by atoms with Gasteiger partial charge in [0.25, 0.3) is 0 Å². The predicted octanol–water partition coefficient (Wildman–Crippen LogP) is 3.07. The van der Waals surface area contributed by atoms with Crippen molar-refractivity contribution >= 4 is 5.97 Å². The van der Waals surface area contributed by atoms with E-state index in [1.807, 2.05) is 0 Å². The summed E-state index contributed by atoms with van der Waals surface area (Å²) in [7, 11) is 0. The van der Waals surface area contributed by atoms with Gasteiger partial charge >= 0.3 is 5.97 Å². The maximum absolute atomic E-state index is 11.5. The Balaban J connectivity index is 2.22. The topological polar surface area (TPSA) is 37.3 Å². The number of carboxylic acid groups (broad SMARTS) is 1. The number of carbonyl (C=O) groups is 1. The van der Waals surface area contributed by atoms with Gasteiger partial charge in [0.1, 0.15) is 0 Å². The fourth-order valence-electron chi connectivity index (χ4n) is 3.39. The average Bonchev–Trinajstić information content (AvgIpc) is 2.05. The third-order valence-corrected chi connectivity index (χ3v) is 4.59. The van der Waals surface area contributed by atoms with E-state index in [0.29, 0.717) is 11.8 Å². The molecule has 2 aliphatic carbocycles. The number of rotatable bonds is 2. The van der Waals surface area contributed by atoms with Gasteiger partial charge in [-0.15, -0.1) is 0 Å². The number of carboxylic acids is 1. The molecule has 0 radical (unpaired) electrons. The van der Waals surface area contributed by atoms with Gasteiger partial charge in [0.2, 0.25) is 0 Å². The van der Waals surface area contributed by atoms with Gasteiger partial charge in [0.15, 0.2) is 0 Å². The highest BCUT2D eigenvalue weighted by atomic mass is 16.4. The Hall–Kier alpha value is -0.530. The second-order valence-electron chi connectivity index (χ2n) is 5.12. The molecule has 2 heteroatoms. The van der Waals surface area contributed by atoms with Crippen molar-refractivity contribution in [3.63, 3.8) is 0 Å². The lowest BCUT2D eigenvalue weighted by atomic mass is 9.55. The van der Waals surface area contributed by atoms with Gasteiger partial charge < -0.3 is 5.11 Å². The molecule has 2 rings (SSSR count). The number of aliphatic carboxylic acids is 1. The van der Waals surface area contributed by atoms with Crippen molar-refractivity contribution < 1.29 is 9.90 Å². The molecular formula is C12H20O2. The van der Waals surface area contributed by atoms with Crippen LogP contribution in [0, 0.1) is 17.3 Å². The third-order valence-electron chi connectivity index (χ3n) is 4.59. The maximum Gasteiger partial charge on any atom is 0.310 e. The van der Waals surface area contributed by atoms with Crippen molar-refractivity contribution in [1.29, 1.82) is 0 Å². The summed E-state index contributed by atoms with van der Waals surface area (Å²) in [6, 6.07) is 0. The fourth-order valence-corrected chi connectivity index (χ4v) is 3.39. The molecule has 2 saturated carbocycles. The Kier molecular flexibility index (Phi) is 2.54. The molecule has 0 aromatic carbocycles. The lowest BCUT2D eigenvalue weighted by Crippen LogP contribution is -2.48. The molecule has 0 aromatic rings. The highest BCUT2D eigenvalue weighted by molar-refractivity contribution is 5.75. The van der Waals surface area contributed by atoms with Gasteiger partial charge in [-0.1, -0.05) is 26.2 Å². The van der Waals surface area contributed by atoms with Crippen molar-refractivity contribution in [2.45, 2.75) is 51.9 Å². The highest BCUT2D eigenvalue weighted by Gasteiger charge is 2.52. The molecule has 2 nitrogen and oxygen atoms in total. The summed E-state index contributed by atoms with van der Waals surface area (Å²) in [5.41, 5.74) is -0.351. The zero-order valence-electron chi connectivity index (χ0n) is 8.96. The Morgan fingerprint density at radius 3 is 2.36 bits per heavy atom. The lowest BCUT2D eigenvalue weighted by molar-refractivity contribution is -0.163. The molecular weight excluding hydrogens is 176 g/mol. The summed E-state index contributed by atoms with van der Waals surface area (Å²) < 4.78 is 0. The van der Waals surface area contributed by atoms with E-state index in [1.54, 1.807) is 0 Å². The van der Waals surface area contributed by atoms with Crippen LogP contribution in [0.4, 0.5) is 0 Å². The van der Waals surface area contributed by atoms with Crippen LogP contribution in [0.3, 0.4) is 0 Å². The summed E-state index contributed by atoms with van der Waals surface area (Å²) in [4.78, 5) is 11.5. The van der Waals surface area contributed by atoms with Crippen LogP contribution in [0.2, 0.25) is 0 Å². The van der Waals surface area contributed by atoms with E-state index in [2.05, 4.69) is 6.92 Å². The Labute approximate surface area is 85.7 Å². The molecule has 0 spiro atoms. The molecule has 80 valence electrons. The van der Waals surface area contributed by atoms with Gasteiger partial charge in [-0.25, -0.2) is 0 Å². The van der Waals surface area contributed by atoms with Gasteiger partial charge in [-0.3, -0.25) is 4.79 Å². The summed E-state index contributed by atoms with van der Waals surface area (Å²) in [5.74, 6) is 0.351. The van der Waals surface area contributed by atoms with Crippen molar-refractivity contribution in [3.05, 3.63) is 0 Å². The van der Waals surface area contributed by atoms with Crippen LogP contribution in [0.1, 0.15) is 51.9 Å². The van der Waals surface area contributed by atoms with E-state index in [4.69, 9.17) is 0 Å². The van der Waals surface area contributed by atoms with E-state index in [9.17, 15) is 9.90 Å². The van der Waals surface area contributed by atoms with E-state index in [0.717, 1.165) is 32.1 Å². The first-order chi connectivity index (χ1) is 6.68. The summed E-state index contributed by atoms with van der Waals surface area (Å²) >= 11 is 0. The smallest absolute Gasteiger partial charge is 0.310 e. The highest BCUT2D eigenvalue weighted by Crippen LogP contribution is 2.53. The summed E-state index contributed by atoms with van der Waals surface area (Å²) in [5, 5.41) is 9.49. The van der Waals surface area contributed by atoms with Crippen molar-refractivity contribution in [3.8, 4) is 0 Å². The zero-order chi connectivity index (χ0) is 10.2. The predicted molar refractivity (Wildman–Crippen MR) is 55.0 cm³/mol. The molecule has 0 saturated heterocycles. The molecule has 2 atom stereocenters. The van der Waals surface area contributed by atoms with Crippen molar-refractivity contribution in [1.82, 2.24) is 0 Å². The Morgan fingerprint density at radius 1 is 1.21 bits per heavy atom. The van der Waals surface area contributed by atoms with Crippen LogP contribution < -0.4 is 0 Å². The van der Waals surface area contributed by atoms with E-state index in [-0.39, 0.29) is 5.41 Å². The first kappa shape index (κ1) is 10.0. The van der Waals surface area contributed by atoms with Crippen LogP contribution in [-0.4, -0.2) is 11.1 Å². The maximum atomic E-state index is 11.5. The van der Waals surface area contributed by atoms with Crippen LogP contribution >= 0.6 is 0 Å². The average molecular weight is 196 g/mol. The largest absolute Gasteiger partial charge is 0.481 e. The van der Waals surface area contributed by atoms with Crippen LogP contribution in [-0.2, 0) is 4.79 Å². The minimum Gasteiger partial charge on any atom is -0.481 e. The van der Waals surface area contributed by atoms with Crippen molar-refractivity contribution in [2.75, 3.05) is 0 Å². The first-order valence-corrected chi connectivity index (χ1v) is 5.91. The van der Waals surface area contributed by atoms with Gasteiger partial charge in [-0.2, -0.15) is 0 Å². The van der Waals surface area contributed by atoms with Gasteiger partial charge in [-0.05, 0) is 37.5 Å². The molecule has 0 aliphatic heterocycles. The first-order valence-electron chi connectivity index (χ1n) is 5.91. The monoisotopic (exact) mass is 196 g/mol. The summed E-state index contributed by atoms with van der Waals surface area (Å²) in [6.07, 6.45) is 7.92. The molecule has 2 unspecified atom stereocenters. The third kappa shape index (κ3) is 1.27. The standard InChI is InChI=1S/C12H20O2/c1-9-5-2-3-8-12(9,11(13)14)10-6-4-7-10/h9-10H,2-8H2,1H3,(H,13,14). The second kappa shape index (κ2) is 3.56. The lowest BCUT2D eigenvalue weighted by Gasteiger charge is -2.48. The van der Waals surface area contributed by atoms with Crippen LogP contribution in [0.15, 0.2) is 0 Å². The van der Waals surface area contributed by atoms with E-state index < -0.39 is 5.97 Å². The number of hydrogen-bond donors (Lipinski definition) is 1. The van der Waals surface area contributed by atoms with Crippen molar-refractivity contribution in [2.24, 2.45) is 17.3 Å². The van der Waals surface area contributed by atoms with Gasteiger partial charge in [0, 0.05) is 0 Å². The molecule has 0 aromatic heterocycles. The molecule has 0 amide bonds. The van der Waals surface area contributed by atoms with Crippen LogP contribution in [0.25, 0.3) is 0 Å². The van der Waals surface area contributed by atoms with Crippen LogP contribution in [0.5, 0.6) is 0 Å².